The van der Waals surface area contributed by atoms with E-state index in [0.717, 1.165) is 25.9 Å². The van der Waals surface area contributed by atoms with Crippen LogP contribution in [0.5, 0.6) is 0 Å². The zero-order valence-corrected chi connectivity index (χ0v) is 11.8. The molecule has 0 aliphatic rings. The van der Waals surface area contributed by atoms with Crippen molar-refractivity contribution in [3.8, 4) is 0 Å². The van der Waals surface area contributed by atoms with Crippen LogP contribution in [-0.4, -0.2) is 22.4 Å². The van der Waals surface area contributed by atoms with E-state index in [1.807, 2.05) is 10.9 Å². The van der Waals surface area contributed by atoms with Crippen LogP contribution in [0.4, 0.5) is 0 Å². The van der Waals surface area contributed by atoms with Crippen LogP contribution in [0.15, 0.2) is 42.7 Å². The van der Waals surface area contributed by atoms with E-state index in [1.54, 1.807) is 0 Å². The van der Waals surface area contributed by atoms with Gasteiger partial charge in [-0.15, -0.1) is 0 Å². The van der Waals surface area contributed by atoms with Gasteiger partial charge in [0.25, 0.3) is 0 Å². The average molecular weight is 257 g/mol. The molecular formula is C16H23N3. The first-order valence-electron chi connectivity index (χ1n) is 7.10. The van der Waals surface area contributed by atoms with Crippen LogP contribution < -0.4 is 5.32 Å². The third-order valence-electron chi connectivity index (χ3n) is 3.31. The first-order valence-corrected chi connectivity index (χ1v) is 7.10. The predicted octanol–water partition coefficient (Wildman–Crippen LogP) is 2.67. The van der Waals surface area contributed by atoms with E-state index >= 15 is 0 Å². The molecule has 1 aromatic heterocycles. The molecule has 0 radical (unpaired) electrons. The number of benzene rings is 1. The highest BCUT2D eigenvalue weighted by Gasteiger charge is 2.10. The van der Waals surface area contributed by atoms with E-state index < -0.39 is 0 Å². The fourth-order valence-corrected chi connectivity index (χ4v) is 2.37. The van der Waals surface area contributed by atoms with E-state index in [1.165, 1.54) is 11.1 Å². The summed E-state index contributed by atoms with van der Waals surface area (Å²) in [5.74, 6) is 0. The molecule has 0 saturated heterocycles. The molecule has 0 saturated carbocycles. The van der Waals surface area contributed by atoms with Crippen LogP contribution >= 0.6 is 0 Å². The van der Waals surface area contributed by atoms with E-state index in [9.17, 15) is 0 Å². The molecule has 0 aliphatic carbocycles. The van der Waals surface area contributed by atoms with Crippen LogP contribution in [-0.2, 0) is 19.4 Å². The average Bonchev–Trinajstić information content (AvgIpc) is 2.88. The maximum Gasteiger partial charge on any atom is 0.0522 e. The number of likely N-dealkylation sites (N-methyl/N-ethyl adjacent to an activating group) is 1. The van der Waals surface area contributed by atoms with Gasteiger partial charge in [-0.25, -0.2) is 0 Å². The standard InChI is InChI=1S/C16H23N3/c1-3-17-16(10-14-8-6-5-7-9-14)11-15-12-18-19(4-2)13-15/h5-9,12-13,16-17H,3-4,10-11H2,1-2H3. The minimum absolute atomic E-state index is 0.474. The Labute approximate surface area is 115 Å². The molecule has 3 nitrogen and oxygen atoms in total. The molecule has 1 aromatic carbocycles. The molecule has 2 rings (SSSR count). The van der Waals surface area contributed by atoms with E-state index in [0.29, 0.717) is 6.04 Å². The highest BCUT2D eigenvalue weighted by atomic mass is 15.3. The van der Waals surface area contributed by atoms with Crippen molar-refractivity contribution in [2.75, 3.05) is 6.54 Å². The number of aryl methyl sites for hydroxylation is 1. The lowest BCUT2D eigenvalue weighted by molar-refractivity contribution is 0.521. The zero-order chi connectivity index (χ0) is 13.5. The van der Waals surface area contributed by atoms with Crippen LogP contribution in [0, 0.1) is 0 Å². The largest absolute Gasteiger partial charge is 0.314 e. The maximum atomic E-state index is 4.34. The van der Waals surface area contributed by atoms with E-state index in [-0.39, 0.29) is 0 Å². The van der Waals surface area contributed by atoms with Crippen LogP contribution in [0.2, 0.25) is 0 Å². The molecule has 0 bridgehead atoms. The van der Waals surface area contributed by atoms with Gasteiger partial charge in [0.05, 0.1) is 6.20 Å². The molecule has 0 spiro atoms. The molecule has 2 aromatic rings. The maximum absolute atomic E-state index is 4.34. The normalized spacial score (nSPS) is 12.5. The number of nitrogens with zero attached hydrogens (tertiary/aromatic N) is 2. The predicted molar refractivity (Wildman–Crippen MR) is 79.2 cm³/mol. The Morgan fingerprint density at radius 3 is 2.47 bits per heavy atom. The van der Waals surface area contributed by atoms with Crippen LogP contribution in [0.25, 0.3) is 0 Å². The second kappa shape index (κ2) is 7.10. The quantitative estimate of drug-likeness (QED) is 0.826. The van der Waals surface area contributed by atoms with Gasteiger partial charge in [0.2, 0.25) is 0 Å². The number of nitrogens with one attached hydrogen (secondary N) is 1. The Kier molecular flexibility index (Phi) is 5.16. The number of rotatable bonds is 7. The van der Waals surface area contributed by atoms with Crippen molar-refractivity contribution < 1.29 is 0 Å². The van der Waals surface area contributed by atoms with Crippen molar-refractivity contribution >= 4 is 0 Å². The highest BCUT2D eigenvalue weighted by Crippen LogP contribution is 2.09. The van der Waals surface area contributed by atoms with Gasteiger partial charge in [-0.2, -0.15) is 5.10 Å². The van der Waals surface area contributed by atoms with Crippen molar-refractivity contribution in [3.63, 3.8) is 0 Å². The highest BCUT2D eigenvalue weighted by molar-refractivity contribution is 5.17. The van der Waals surface area contributed by atoms with Gasteiger partial charge in [0.15, 0.2) is 0 Å². The van der Waals surface area contributed by atoms with Crippen molar-refractivity contribution in [2.45, 2.75) is 39.3 Å². The van der Waals surface area contributed by atoms with Crippen LogP contribution in [0.3, 0.4) is 0 Å². The lowest BCUT2D eigenvalue weighted by Gasteiger charge is -2.17. The molecule has 1 N–H and O–H groups in total. The second-order valence-corrected chi connectivity index (χ2v) is 4.85. The molecule has 0 aliphatic heterocycles. The molecule has 0 fully saturated rings. The van der Waals surface area contributed by atoms with E-state index in [2.05, 4.69) is 60.8 Å². The SMILES string of the molecule is CCNC(Cc1ccccc1)Cc1cnn(CC)c1. The number of hydrogen-bond acceptors (Lipinski definition) is 2. The lowest BCUT2D eigenvalue weighted by atomic mass is 10.0. The molecule has 3 heteroatoms. The molecule has 0 amide bonds. The summed E-state index contributed by atoms with van der Waals surface area (Å²) in [6.45, 7) is 6.21. The Morgan fingerprint density at radius 1 is 1.11 bits per heavy atom. The van der Waals surface area contributed by atoms with Crippen molar-refractivity contribution in [2.24, 2.45) is 0 Å². The second-order valence-electron chi connectivity index (χ2n) is 4.85. The van der Waals surface area contributed by atoms with E-state index in [4.69, 9.17) is 0 Å². The summed E-state index contributed by atoms with van der Waals surface area (Å²) in [5.41, 5.74) is 2.69. The molecular weight excluding hydrogens is 234 g/mol. The Morgan fingerprint density at radius 2 is 1.84 bits per heavy atom. The van der Waals surface area contributed by atoms with Crippen molar-refractivity contribution in [3.05, 3.63) is 53.9 Å². The van der Waals surface area contributed by atoms with Gasteiger partial charge in [0.1, 0.15) is 0 Å². The van der Waals surface area contributed by atoms with Gasteiger partial charge in [0, 0.05) is 18.8 Å². The van der Waals surface area contributed by atoms with Gasteiger partial charge >= 0.3 is 0 Å². The monoisotopic (exact) mass is 257 g/mol. The summed E-state index contributed by atoms with van der Waals surface area (Å²) < 4.78 is 1.99. The molecule has 1 atom stereocenters. The minimum Gasteiger partial charge on any atom is -0.314 e. The van der Waals surface area contributed by atoms with Crippen LogP contribution in [0.1, 0.15) is 25.0 Å². The Hall–Kier alpha value is -1.61. The molecule has 19 heavy (non-hydrogen) atoms. The fourth-order valence-electron chi connectivity index (χ4n) is 2.37. The third-order valence-corrected chi connectivity index (χ3v) is 3.31. The van der Waals surface area contributed by atoms with Gasteiger partial charge in [-0.1, -0.05) is 37.3 Å². The topological polar surface area (TPSA) is 29.9 Å². The number of hydrogen-bond donors (Lipinski definition) is 1. The minimum atomic E-state index is 0.474. The summed E-state index contributed by atoms with van der Waals surface area (Å²) in [4.78, 5) is 0. The first kappa shape index (κ1) is 13.8. The molecule has 1 heterocycles. The number of aromatic nitrogens is 2. The van der Waals surface area contributed by atoms with Gasteiger partial charge < -0.3 is 5.32 Å². The van der Waals surface area contributed by atoms with Crippen molar-refractivity contribution in [1.29, 1.82) is 0 Å². The first-order chi connectivity index (χ1) is 9.31. The summed E-state index contributed by atoms with van der Waals surface area (Å²) in [6, 6.07) is 11.1. The molecule has 102 valence electrons. The smallest absolute Gasteiger partial charge is 0.0522 e. The summed E-state index contributed by atoms with van der Waals surface area (Å²) >= 11 is 0. The van der Waals surface area contributed by atoms with Gasteiger partial charge in [-0.05, 0) is 37.4 Å². The zero-order valence-electron chi connectivity index (χ0n) is 11.8. The Bertz CT molecular complexity index is 476. The summed E-state index contributed by atoms with van der Waals surface area (Å²) in [6.07, 6.45) is 6.23. The summed E-state index contributed by atoms with van der Waals surface area (Å²) in [7, 11) is 0. The molecule has 1 unspecified atom stereocenters. The lowest BCUT2D eigenvalue weighted by Crippen LogP contribution is -2.32. The third kappa shape index (κ3) is 4.21. The van der Waals surface area contributed by atoms with Crippen molar-refractivity contribution in [1.82, 2.24) is 15.1 Å². The summed E-state index contributed by atoms with van der Waals surface area (Å²) in [5, 5.41) is 7.91. The van der Waals surface area contributed by atoms with Gasteiger partial charge in [-0.3, -0.25) is 4.68 Å². The fraction of sp³-hybridized carbons (Fsp3) is 0.438. The Balaban J connectivity index is 1.99.